The highest BCUT2D eigenvalue weighted by Gasteiger charge is 2.26. The molecule has 0 atom stereocenters. The fourth-order valence-electron chi connectivity index (χ4n) is 11.8. The van der Waals surface area contributed by atoms with Gasteiger partial charge < -0.3 is 0 Å². The number of benzene rings is 12. The first-order chi connectivity index (χ1) is 40.7. The third kappa shape index (κ3) is 8.74. The number of nitrogens with zero attached hydrogens (tertiary/aromatic N) is 5. The van der Waals surface area contributed by atoms with Crippen molar-refractivity contribution in [2.24, 2.45) is 0 Å². The molecule has 0 spiro atoms. The molecule has 384 valence electrons. The van der Waals surface area contributed by atoms with Crippen LogP contribution in [0.4, 0.5) is 0 Å². The summed E-state index contributed by atoms with van der Waals surface area (Å²) < 4.78 is 4.81. The number of aromatic nitrogens is 5. The summed E-state index contributed by atoms with van der Waals surface area (Å²) in [5.74, 6) is 1.50. The minimum absolute atomic E-state index is 0.673. The predicted molar refractivity (Wildman–Crippen MR) is 339 cm³/mol. The molecule has 12 aromatic carbocycles. The van der Waals surface area contributed by atoms with Gasteiger partial charge in [-0.2, -0.15) is 0 Å². The standard InChI is InChI=1S/C77H51N5/c1-9-25-52(26-10-1)60-42-44-71-73(49-60)81-72-50-61(41-43-68(72)80-77(81)82(71)75-66(56-33-17-5-18-34-56)45-62(53-27-11-2-12-28-53)46-67(75)57-35-19-6-20-36-57)74-64(54-29-13-3-14-30-54)47-63(48-65(74)55-31-15-4-16-32-55)70-51-69(58-37-21-7-22-38-58)78-76(79-70)59-39-23-8-24-40-59/h1-51H. The smallest absolute Gasteiger partial charge is 0.220 e. The maximum atomic E-state index is 5.71. The van der Waals surface area contributed by atoms with Gasteiger partial charge in [-0.1, -0.05) is 255 Å². The first-order valence-corrected chi connectivity index (χ1v) is 27.8. The van der Waals surface area contributed by atoms with Crippen molar-refractivity contribution >= 4 is 27.8 Å². The second-order valence-electron chi connectivity index (χ2n) is 20.7. The lowest BCUT2D eigenvalue weighted by atomic mass is 9.85. The minimum atomic E-state index is 0.673. The molecule has 0 fully saturated rings. The highest BCUT2D eigenvalue weighted by atomic mass is 15.2. The maximum absolute atomic E-state index is 5.71. The van der Waals surface area contributed by atoms with Gasteiger partial charge >= 0.3 is 0 Å². The summed E-state index contributed by atoms with van der Waals surface area (Å²) >= 11 is 0. The van der Waals surface area contributed by atoms with Gasteiger partial charge in [0.05, 0.1) is 39.1 Å². The molecule has 0 radical (unpaired) electrons. The molecule has 0 N–H and O–H groups in total. The summed E-state index contributed by atoms with van der Waals surface area (Å²) in [5.41, 5.74) is 25.3. The Bertz CT molecular complexity index is 4610. The van der Waals surface area contributed by atoms with E-state index in [1.165, 1.54) is 0 Å². The molecule has 0 bridgehead atoms. The van der Waals surface area contributed by atoms with Crippen LogP contribution in [-0.2, 0) is 0 Å². The lowest BCUT2D eigenvalue weighted by Gasteiger charge is -2.20. The third-order valence-corrected chi connectivity index (χ3v) is 15.7. The van der Waals surface area contributed by atoms with Gasteiger partial charge in [0.15, 0.2) is 5.82 Å². The van der Waals surface area contributed by atoms with Crippen molar-refractivity contribution in [3.63, 3.8) is 0 Å². The molecule has 0 aliphatic heterocycles. The van der Waals surface area contributed by atoms with E-state index in [0.29, 0.717) is 5.82 Å². The maximum Gasteiger partial charge on any atom is 0.220 e. The zero-order valence-corrected chi connectivity index (χ0v) is 44.7. The van der Waals surface area contributed by atoms with Crippen molar-refractivity contribution < 1.29 is 0 Å². The van der Waals surface area contributed by atoms with Crippen molar-refractivity contribution in [1.82, 2.24) is 23.9 Å². The highest BCUT2D eigenvalue weighted by molar-refractivity contribution is 6.03. The molecule has 0 amide bonds. The number of hydrogen-bond donors (Lipinski definition) is 0. The summed E-state index contributed by atoms with van der Waals surface area (Å²) in [6.07, 6.45) is 0. The van der Waals surface area contributed by atoms with Crippen LogP contribution in [0.15, 0.2) is 309 Å². The Morgan fingerprint density at radius 1 is 0.232 bits per heavy atom. The van der Waals surface area contributed by atoms with Crippen LogP contribution < -0.4 is 0 Å². The molecule has 3 aromatic heterocycles. The molecule has 0 unspecified atom stereocenters. The zero-order chi connectivity index (χ0) is 54.3. The highest BCUT2D eigenvalue weighted by Crippen LogP contribution is 2.47. The Kier molecular flexibility index (Phi) is 12.1. The van der Waals surface area contributed by atoms with Crippen LogP contribution in [0.3, 0.4) is 0 Å². The van der Waals surface area contributed by atoms with E-state index in [-0.39, 0.29) is 0 Å². The average molecular weight is 1050 g/mol. The van der Waals surface area contributed by atoms with E-state index in [1.54, 1.807) is 0 Å². The molecule has 0 saturated carbocycles. The molecule has 5 heteroatoms. The predicted octanol–water partition coefficient (Wildman–Crippen LogP) is 19.9. The zero-order valence-electron chi connectivity index (χ0n) is 44.7. The van der Waals surface area contributed by atoms with Crippen LogP contribution in [0.25, 0.3) is 145 Å². The molecule has 0 saturated heterocycles. The van der Waals surface area contributed by atoms with E-state index >= 15 is 0 Å². The normalized spacial score (nSPS) is 11.4. The Balaban J connectivity index is 1.02. The Morgan fingerprint density at radius 2 is 0.622 bits per heavy atom. The van der Waals surface area contributed by atoms with Crippen LogP contribution in [0.1, 0.15) is 0 Å². The molecular formula is C77H51N5. The topological polar surface area (TPSA) is 48.0 Å². The molecule has 0 aliphatic carbocycles. The van der Waals surface area contributed by atoms with Crippen LogP contribution in [0, 0.1) is 0 Å². The van der Waals surface area contributed by atoms with Crippen molar-refractivity contribution in [2.75, 3.05) is 0 Å². The molecular weight excluding hydrogens is 995 g/mol. The number of fused-ring (bicyclic) bond motifs is 5. The van der Waals surface area contributed by atoms with Gasteiger partial charge in [-0.05, 0) is 121 Å². The molecule has 0 aliphatic rings. The number of rotatable bonds is 11. The van der Waals surface area contributed by atoms with Gasteiger partial charge in [-0.25, -0.2) is 15.0 Å². The summed E-state index contributed by atoms with van der Waals surface area (Å²) in [7, 11) is 0. The second-order valence-corrected chi connectivity index (χ2v) is 20.7. The number of imidazole rings is 2. The van der Waals surface area contributed by atoms with Gasteiger partial charge in [-0.15, -0.1) is 0 Å². The van der Waals surface area contributed by atoms with Gasteiger partial charge in [-0.3, -0.25) is 8.97 Å². The summed E-state index contributed by atoms with van der Waals surface area (Å²) in [5, 5.41) is 0. The van der Waals surface area contributed by atoms with E-state index in [0.717, 1.165) is 139 Å². The molecule has 5 nitrogen and oxygen atoms in total. The molecule has 82 heavy (non-hydrogen) atoms. The van der Waals surface area contributed by atoms with E-state index < -0.39 is 0 Å². The molecule has 15 rings (SSSR count). The SMILES string of the molecule is c1ccc(-c2cc(-c3ccccc3)c(-n3c4ccc(-c5ccccc5)cc4n4c5cc(-c6c(-c7ccccc7)cc(-c7cc(-c8ccccc8)nc(-c8ccccc8)n7)cc6-c6ccccc6)ccc5nc34)c(-c3ccccc3)c2)cc1. The first-order valence-electron chi connectivity index (χ1n) is 27.8. The van der Waals surface area contributed by atoms with Crippen molar-refractivity contribution in [1.29, 1.82) is 0 Å². The fourth-order valence-corrected chi connectivity index (χ4v) is 11.8. The summed E-state index contributed by atoms with van der Waals surface area (Å²) in [6.45, 7) is 0. The Labute approximate surface area is 476 Å². The number of hydrogen-bond acceptors (Lipinski definition) is 3. The van der Waals surface area contributed by atoms with Crippen LogP contribution in [0.5, 0.6) is 0 Å². The van der Waals surface area contributed by atoms with Crippen molar-refractivity contribution in [3.8, 4) is 117 Å². The van der Waals surface area contributed by atoms with Gasteiger partial charge in [0.25, 0.3) is 0 Å². The van der Waals surface area contributed by atoms with E-state index in [4.69, 9.17) is 15.0 Å². The Hall–Kier alpha value is -11.0. The fraction of sp³-hybridized carbons (Fsp3) is 0. The van der Waals surface area contributed by atoms with Gasteiger partial charge in [0.2, 0.25) is 5.78 Å². The second kappa shape index (κ2) is 20.7. The van der Waals surface area contributed by atoms with Crippen LogP contribution >= 0.6 is 0 Å². The van der Waals surface area contributed by atoms with Gasteiger partial charge in [0.1, 0.15) is 0 Å². The molecule has 15 aromatic rings. The van der Waals surface area contributed by atoms with Gasteiger partial charge in [0, 0.05) is 27.8 Å². The first kappa shape index (κ1) is 48.1. The Morgan fingerprint density at radius 3 is 1.12 bits per heavy atom. The lowest BCUT2D eigenvalue weighted by Crippen LogP contribution is -2.02. The van der Waals surface area contributed by atoms with E-state index in [1.807, 2.05) is 24.3 Å². The van der Waals surface area contributed by atoms with Crippen molar-refractivity contribution in [3.05, 3.63) is 309 Å². The average Bonchev–Trinajstić information content (AvgIpc) is 3.93. The summed E-state index contributed by atoms with van der Waals surface area (Å²) in [4.78, 5) is 16.3. The molecule has 3 heterocycles. The van der Waals surface area contributed by atoms with Crippen LogP contribution in [-0.4, -0.2) is 23.9 Å². The minimum Gasteiger partial charge on any atom is -0.277 e. The third-order valence-electron chi connectivity index (χ3n) is 15.7. The largest absolute Gasteiger partial charge is 0.277 e. The van der Waals surface area contributed by atoms with Crippen molar-refractivity contribution in [2.45, 2.75) is 0 Å². The van der Waals surface area contributed by atoms with Crippen LogP contribution in [0.2, 0.25) is 0 Å². The monoisotopic (exact) mass is 1050 g/mol. The quantitative estimate of drug-likeness (QED) is 0.130. The summed E-state index contributed by atoms with van der Waals surface area (Å²) in [6, 6.07) is 110. The lowest BCUT2D eigenvalue weighted by molar-refractivity contribution is 1.11. The van der Waals surface area contributed by atoms with E-state index in [2.05, 4.69) is 294 Å². The van der Waals surface area contributed by atoms with E-state index in [9.17, 15) is 0 Å².